The van der Waals surface area contributed by atoms with Gasteiger partial charge in [0.05, 0.1) is 18.8 Å². The Labute approximate surface area is 262 Å². The van der Waals surface area contributed by atoms with Crippen molar-refractivity contribution in [1.29, 1.82) is 0 Å². The van der Waals surface area contributed by atoms with Crippen molar-refractivity contribution in [3.05, 3.63) is 155 Å². The SMILES string of the molecule is O=C1OC2(c3ccc(N(CCO)Cc4ccccc4)cc3Oc3cc(N(CCO)Cc4ccccc4)ccc32)c2ccccc21. The molecule has 226 valence electrons. The molecule has 2 N–H and O–H groups in total. The Morgan fingerprint density at radius 1 is 0.578 bits per heavy atom. The van der Waals surface area contributed by atoms with E-state index in [1.54, 1.807) is 6.07 Å². The Hall–Kier alpha value is -5.11. The molecule has 2 aliphatic rings. The van der Waals surface area contributed by atoms with Crippen LogP contribution in [-0.2, 0) is 23.4 Å². The fraction of sp³-hybridized carbons (Fsp3) is 0.184. The second-order valence-corrected chi connectivity index (χ2v) is 11.3. The van der Waals surface area contributed by atoms with Gasteiger partial charge >= 0.3 is 5.97 Å². The van der Waals surface area contributed by atoms with Crippen LogP contribution in [-0.4, -0.2) is 42.5 Å². The molecule has 45 heavy (non-hydrogen) atoms. The Morgan fingerprint density at radius 3 is 1.58 bits per heavy atom. The van der Waals surface area contributed by atoms with Crippen LogP contribution in [0.1, 0.15) is 38.2 Å². The van der Waals surface area contributed by atoms with E-state index in [9.17, 15) is 15.0 Å². The third kappa shape index (κ3) is 5.20. The number of carbonyl (C=O) groups is 1. The summed E-state index contributed by atoms with van der Waals surface area (Å²) in [5.41, 5.74) is 5.60. The average Bonchev–Trinajstić information content (AvgIpc) is 3.37. The van der Waals surface area contributed by atoms with Gasteiger partial charge < -0.3 is 29.5 Å². The second kappa shape index (κ2) is 12.1. The number of nitrogens with zero attached hydrogens (tertiary/aromatic N) is 2. The predicted molar refractivity (Wildman–Crippen MR) is 174 cm³/mol. The minimum Gasteiger partial charge on any atom is -0.456 e. The zero-order valence-electron chi connectivity index (χ0n) is 24.8. The summed E-state index contributed by atoms with van der Waals surface area (Å²) in [6, 6.07) is 39.6. The number of hydrogen-bond donors (Lipinski definition) is 2. The first-order chi connectivity index (χ1) is 22.1. The minimum absolute atomic E-state index is 0.00595. The van der Waals surface area contributed by atoms with Gasteiger partial charge in [-0.05, 0) is 41.5 Å². The van der Waals surface area contributed by atoms with Crippen LogP contribution in [0.15, 0.2) is 121 Å². The maximum atomic E-state index is 13.4. The average molecular weight is 599 g/mol. The minimum atomic E-state index is -1.18. The van der Waals surface area contributed by atoms with Crippen molar-refractivity contribution in [3.8, 4) is 11.5 Å². The number of hydrogen-bond acceptors (Lipinski definition) is 7. The maximum Gasteiger partial charge on any atom is 0.340 e. The van der Waals surface area contributed by atoms with E-state index in [2.05, 4.69) is 34.1 Å². The fourth-order valence-electron chi connectivity index (χ4n) is 6.49. The van der Waals surface area contributed by atoms with E-state index in [0.29, 0.717) is 43.2 Å². The summed E-state index contributed by atoms with van der Waals surface area (Å²) in [6.45, 7) is 2.08. The van der Waals surface area contributed by atoms with Crippen molar-refractivity contribution in [2.75, 3.05) is 36.1 Å². The molecule has 7 nitrogen and oxygen atoms in total. The molecule has 0 saturated carbocycles. The fourth-order valence-corrected chi connectivity index (χ4v) is 6.49. The van der Waals surface area contributed by atoms with Crippen molar-refractivity contribution < 1.29 is 24.5 Å². The smallest absolute Gasteiger partial charge is 0.340 e. The summed E-state index contributed by atoms with van der Waals surface area (Å²) in [5.74, 6) is 0.776. The standard InChI is InChI=1S/C38H34N2O5/c41-21-19-39(25-27-9-3-1-4-10-27)29-15-17-33-35(23-29)44-36-24-30(40(20-22-42)26-28-11-5-2-6-12-28)16-18-34(36)38(33)32-14-8-7-13-31(32)37(43)45-38/h1-18,23-24,41-42H,19-22,25-26H2. The molecule has 0 unspecified atom stereocenters. The first-order valence-electron chi connectivity index (χ1n) is 15.2. The van der Waals surface area contributed by atoms with Crippen LogP contribution in [0.25, 0.3) is 0 Å². The highest BCUT2D eigenvalue weighted by Crippen LogP contribution is 2.57. The molecule has 0 radical (unpaired) electrons. The molecule has 2 aliphatic heterocycles. The lowest BCUT2D eigenvalue weighted by molar-refractivity contribution is 0.0224. The molecule has 2 heterocycles. The van der Waals surface area contributed by atoms with Crippen LogP contribution in [0.4, 0.5) is 11.4 Å². The zero-order valence-corrected chi connectivity index (χ0v) is 24.8. The predicted octanol–water partition coefficient (Wildman–Crippen LogP) is 6.25. The van der Waals surface area contributed by atoms with Gasteiger partial charge in [-0.15, -0.1) is 0 Å². The molecule has 5 aromatic carbocycles. The number of aliphatic hydroxyl groups is 2. The number of rotatable bonds is 10. The number of esters is 1. The number of fused-ring (bicyclic) bond motifs is 6. The van der Waals surface area contributed by atoms with Gasteiger partial charge in [-0.2, -0.15) is 0 Å². The zero-order chi connectivity index (χ0) is 30.8. The normalized spacial score (nSPS) is 13.8. The highest BCUT2D eigenvalue weighted by Gasteiger charge is 2.53. The molecule has 5 aromatic rings. The van der Waals surface area contributed by atoms with Crippen molar-refractivity contribution >= 4 is 17.3 Å². The molecule has 0 aliphatic carbocycles. The number of anilines is 2. The van der Waals surface area contributed by atoms with Gasteiger partial charge in [0.15, 0.2) is 5.60 Å². The lowest BCUT2D eigenvalue weighted by Crippen LogP contribution is -2.34. The first kappa shape index (κ1) is 28.6. The van der Waals surface area contributed by atoms with Crippen LogP contribution >= 0.6 is 0 Å². The van der Waals surface area contributed by atoms with E-state index < -0.39 is 5.60 Å². The largest absolute Gasteiger partial charge is 0.456 e. The lowest BCUT2D eigenvalue weighted by atomic mass is 9.77. The van der Waals surface area contributed by atoms with Gasteiger partial charge in [-0.1, -0.05) is 78.9 Å². The van der Waals surface area contributed by atoms with E-state index in [1.807, 2.05) is 91.0 Å². The highest BCUT2D eigenvalue weighted by molar-refractivity contribution is 5.97. The number of aliphatic hydroxyl groups excluding tert-OH is 2. The Balaban J connectivity index is 1.34. The van der Waals surface area contributed by atoms with Crippen LogP contribution < -0.4 is 14.5 Å². The van der Waals surface area contributed by atoms with Gasteiger partial charge in [-0.3, -0.25) is 0 Å². The van der Waals surface area contributed by atoms with E-state index in [-0.39, 0.29) is 19.2 Å². The van der Waals surface area contributed by atoms with Crippen LogP contribution in [0.3, 0.4) is 0 Å². The first-order valence-corrected chi connectivity index (χ1v) is 15.2. The van der Waals surface area contributed by atoms with Crippen molar-refractivity contribution in [1.82, 2.24) is 0 Å². The Kier molecular flexibility index (Phi) is 7.71. The Morgan fingerprint density at radius 2 is 1.07 bits per heavy atom. The lowest BCUT2D eigenvalue weighted by Gasteiger charge is -2.38. The molecule has 0 bridgehead atoms. The molecular weight excluding hydrogens is 564 g/mol. The molecule has 1 spiro atoms. The molecule has 0 saturated heterocycles. The molecule has 0 fully saturated rings. The molecule has 0 atom stereocenters. The van der Waals surface area contributed by atoms with E-state index in [4.69, 9.17) is 9.47 Å². The van der Waals surface area contributed by atoms with E-state index in [1.165, 1.54) is 0 Å². The van der Waals surface area contributed by atoms with Gasteiger partial charge in [0.2, 0.25) is 0 Å². The number of benzene rings is 5. The molecule has 0 aromatic heterocycles. The van der Waals surface area contributed by atoms with Gasteiger partial charge in [-0.25, -0.2) is 4.79 Å². The number of ether oxygens (including phenoxy) is 2. The molecular formula is C38H34N2O5. The van der Waals surface area contributed by atoms with Gasteiger partial charge in [0, 0.05) is 66.4 Å². The maximum absolute atomic E-state index is 13.4. The summed E-state index contributed by atoms with van der Waals surface area (Å²) in [7, 11) is 0. The van der Waals surface area contributed by atoms with Crippen molar-refractivity contribution in [2.45, 2.75) is 18.7 Å². The highest BCUT2D eigenvalue weighted by atomic mass is 16.6. The van der Waals surface area contributed by atoms with E-state index >= 15 is 0 Å². The van der Waals surface area contributed by atoms with Crippen molar-refractivity contribution in [2.24, 2.45) is 0 Å². The van der Waals surface area contributed by atoms with Crippen LogP contribution in [0.5, 0.6) is 11.5 Å². The summed E-state index contributed by atoms with van der Waals surface area (Å²) in [5, 5.41) is 19.9. The van der Waals surface area contributed by atoms with Gasteiger partial charge in [0.1, 0.15) is 11.5 Å². The third-order valence-electron chi connectivity index (χ3n) is 8.58. The van der Waals surface area contributed by atoms with Crippen molar-refractivity contribution in [3.63, 3.8) is 0 Å². The van der Waals surface area contributed by atoms with Gasteiger partial charge in [0.25, 0.3) is 0 Å². The summed E-state index contributed by atoms with van der Waals surface area (Å²) in [6.07, 6.45) is 0. The molecule has 0 amide bonds. The van der Waals surface area contributed by atoms with E-state index in [0.717, 1.165) is 39.2 Å². The molecule has 7 rings (SSSR count). The van der Waals surface area contributed by atoms with Crippen LogP contribution in [0.2, 0.25) is 0 Å². The molecule has 7 heteroatoms. The summed E-state index contributed by atoms with van der Waals surface area (Å²) < 4.78 is 13.1. The summed E-state index contributed by atoms with van der Waals surface area (Å²) in [4.78, 5) is 17.6. The van der Waals surface area contributed by atoms with Crippen LogP contribution in [0, 0.1) is 0 Å². The monoisotopic (exact) mass is 598 g/mol. The number of carbonyl (C=O) groups excluding carboxylic acids is 1. The summed E-state index contributed by atoms with van der Waals surface area (Å²) >= 11 is 0. The topological polar surface area (TPSA) is 82.5 Å². The Bertz CT molecular complexity index is 1720. The second-order valence-electron chi connectivity index (χ2n) is 11.3. The quantitative estimate of drug-likeness (QED) is 0.184. The third-order valence-corrected chi connectivity index (χ3v) is 8.58.